The smallest absolute Gasteiger partial charge is 0.227 e. The number of aromatic nitrogens is 1. The lowest BCUT2D eigenvalue weighted by Crippen LogP contribution is -2.32. The summed E-state index contributed by atoms with van der Waals surface area (Å²) >= 11 is 3.40. The van der Waals surface area contributed by atoms with Gasteiger partial charge < -0.3 is 14.7 Å². The number of nitrogens with one attached hydrogen (secondary N) is 1. The van der Waals surface area contributed by atoms with Crippen molar-refractivity contribution in [3.8, 4) is 0 Å². The molecule has 2 rings (SSSR count). The van der Waals surface area contributed by atoms with Crippen LogP contribution in [0.1, 0.15) is 24.7 Å². The Labute approximate surface area is 143 Å². The maximum atomic E-state index is 12.0. The molecule has 0 saturated heterocycles. The van der Waals surface area contributed by atoms with Crippen molar-refractivity contribution >= 4 is 39.2 Å². The number of hydrogen-bond acceptors (Lipinski definition) is 4. The lowest BCUT2D eigenvalue weighted by Gasteiger charge is -2.23. The molecule has 1 aromatic carbocycles. The minimum atomic E-state index is -0.223. The SMILES string of the molecule is CC(=O)N(CCC(=O)Nc1cc(C)on1)c1ccc(Br)cc1C. The highest BCUT2D eigenvalue weighted by atomic mass is 79.9. The Morgan fingerprint density at radius 1 is 1.30 bits per heavy atom. The topological polar surface area (TPSA) is 75.4 Å². The normalized spacial score (nSPS) is 10.4. The molecule has 0 radical (unpaired) electrons. The van der Waals surface area contributed by atoms with Gasteiger partial charge in [-0.15, -0.1) is 0 Å². The van der Waals surface area contributed by atoms with Gasteiger partial charge in [-0.25, -0.2) is 0 Å². The standard InChI is InChI=1S/C16H18BrN3O3/c1-10-8-13(17)4-5-14(10)20(12(3)21)7-6-16(22)18-15-9-11(2)23-19-15/h4-5,8-9H,6-7H2,1-3H3,(H,18,19,22). The van der Waals surface area contributed by atoms with E-state index in [4.69, 9.17) is 4.52 Å². The Morgan fingerprint density at radius 2 is 2.04 bits per heavy atom. The van der Waals surface area contributed by atoms with Crippen LogP contribution in [0.3, 0.4) is 0 Å². The van der Waals surface area contributed by atoms with Gasteiger partial charge in [-0.2, -0.15) is 0 Å². The van der Waals surface area contributed by atoms with Crippen LogP contribution in [0, 0.1) is 13.8 Å². The summed E-state index contributed by atoms with van der Waals surface area (Å²) in [5, 5.41) is 6.35. The zero-order chi connectivity index (χ0) is 17.0. The monoisotopic (exact) mass is 379 g/mol. The Kier molecular flexibility index (Phi) is 5.54. The number of benzene rings is 1. The van der Waals surface area contributed by atoms with Gasteiger partial charge in [0.05, 0.1) is 0 Å². The molecule has 1 heterocycles. The van der Waals surface area contributed by atoms with E-state index in [1.54, 1.807) is 17.9 Å². The molecule has 0 unspecified atom stereocenters. The van der Waals surface area contributed by atoms with Crippen molar-refractivity contribution in [2.75, 3.05) is 16.8 Å². The van der Waals surface area contributed by atoms with E-state index < -0.39 is 0 Å². The lowest BCUT2D eigenvalue weighted by molar-refractivity contribution is -0.117. The first-order valence-electron chi connectivity index (χ1n) is 7.14. The summed E-state index contributed by atoms with van der Waals surface area (Å²) in [5.41, 5.74) is 1.76. The third-order valence-corrected chi connectivity index (χ3v) is 3.78. The van der Waals surface area contributed by atoms with Gasteiger partial charge in [-0.05, 0) is 37.6 Å². The summed E-state index contributed by atoms with van der Waals surface area (Å²) in [6.45, 7) is 5.45. The average molecular weight is 380 g/mol. The highest BCUT2D eigenvalue weighted by Crippen LogP contribution is 2.24. The van der Waals surface area contributed by atoms with Gasteiger partial charge in [-0.1, -0.05) is 21.1 Å². The highest BCUT2D eigenvalue weighted by molar-refractivity contribution is 9.10. The van der Waals surface area contributed by atoms with Crippen LogP contribution in [0.25, 0.3) is 0 Å². The minimum absolute atomic E-state index is 0.111. The van der Waals surface area contributed by atoms with E-state index in [2.05, 4.69) is 26.4 Å². The van der Waals surface area contributed by atoms with E-state index in [9.17, 15) is 9.59 Å². The molecule has 122 valence electrons. The summed E-state index contributed by atoms with van der Waals surface area (Å²) in [7, 11) is 0. The predicted octanol–water partition coefficient (Wildman–Crippen LogP) is 3.44. The van der Waals surface area contributed by atoms with Gasteiger partial charge >= 0.3 is 0 Å². The number of amides is 2. The molecule has 6 nitrogen and oxygen atoms in total. The fourth-order valence-corrected chi connectivity index (χ4v) is 2.69. The molecule has 0 aliphatic carbocycles. The second-order valence-electron chi connectivity index (χ2n) is 5.22. The third-order valence-electron chi connectivity index (χ3n) is 3.29. The maximum absolute atomic E-state index is 12.0. The molecule has 0 aliphatic rings. The van der Waals surface area contributed by atoms with E-state index in [1.165, 1.54) is 6.92 Å². The number of carbonyl (C=O) groups excluding carboxylic acids is 2. The number of rotatable bonds is 5. The van der Waals surface area contributed by atoms with Crippen LogP contribution in [0.4, 0.5) is 11.5 Å². The van der Waals surface area contributed by atoms with Crippen LogP contribution in [0.15, 0.2) is 33.3 Å². The quantitative estimate of drug-likeness (QED) is 0.862. The average Bonchev–Trinajstić information content (AvgIpc) is 2.86. The first kappa shape index (κ1) is 17.2. The Balaban J connectivity index is 2.02. The summed E-state index contributed by atoms with van der Waals surface area (Å²) in [5.74, 6) is 0.665. The summed E-state index contributed by atoms with van der Waals surface area (Å²) in [6.07, 6.45) is 0.168. The van der Waals surface area contributed by atoms with Crippen LogP contribution < -0.4 is 10.2 Å². The maximum Gasteiger partial charge on any atom is 0.227 e. The van der Waals surface area contributed by atoms with Gasteiger partial charge in [0, 0.05) is 36.1 Å². The van der Waals surface area contributed by atoms with Crippen LogP contribution in [0.5, 0.6) is 0 Å². The highest BCUT2D eigenvalue weighted by Gasteiger charge is 2.16. The number of halogens is 1. The number of carbonyl (C=O) groups is 2. The Bertz CT molecular complexity index is 727. The van der Waals surface area contributed by atoms with Crippen LogP contribution in [0.2, 0.25) is 0 Å². The second-order valence-corrected chi connectivity index (χ2v) is 6.14. The minimum Gasteiger partial charge on any atom is -0.360 e. The second kappa shape index (κ2) is 7.41. The van der Waals surface area contributed by atoms with E-state index in [0.29, 0.717) is 18.1 Å². The van der Waals surface area contributed by atoms with E-state index >= 15 is 0 Å². The zero-order valence-corrected chi connectivity index (χ0v) is 14.8. The van der Waals surface area contributed by atoms with Crippen molar-refractivity contribution in [1.82, 2.24) is 5.16 Å². The lowest BCUT2D eigenvalue weighted by atomic mass is 10.1. The fraction of sp³-hybridized carbons (Fsp3) is 0.312. The van der Waals surface area contributed by atoms with Crippen molar-refractivity contribution < 1.29 is 14.1 Å². The number of aryl methyl sites for hydroxylation is 2. The molecule has 23 heavy (non-hydrogen) atoms. The largest absolute Gasteiger partial charge is 0.360 e. The van der Waals surface area contributed by atoms with E-state index in [1.807, 2.05) is 25.1 Å². The Morgan fingerprint density at radius 3 is 2.61 bits per heavy atom. The van der Waals surface area contributed by atoms with Crippen LogP contribution in [-0.4, -0.2) is 23.5 Å². The van der Waals surface area contributed by atoms with Crippen LogP contribution >= 0.6 is 15.9 Å². The number of anilines is 2. The third kappa shape index (κ3) is 4.66. The molecule has 0 aliphatic heterocycles. The first-order chi connectivity index (χ1) is 10.9. The van der Waals surface area contributed by atoms with Crippen molar-refractivity contribution in [2.24, 2.45) is 0 Å². The molecule has 0 atom stereocenters. The molecule has 0 fully saturated rings. The molecule has 1 aromatic heterocycles. The fourth-order valence-electron chi connectivity index (χ4n) is 2.21. The predicted molar refractivity (Wildman–Crippen MR) is 91.4 cm³/mol. The zero-order valence-electron chi connectivity index (χ0n) is 13.2. The van der Waals surface area contributed by atoms with E-state index in [-0.39, 0.29) is 18.2 Å². The summed E-state index contributed by atoms with van der Waals surface area (Å²) in [4.78, 5) is 25.5. The van der Waals surface area contributed by atoms with Gasteiger partial charge in [0.25, 0.3) is 0 Å². The van der Waals surface area contributed by atoms with Crippen molar-refractivity contribution in [3.05, 3.63) is 40.1 Å². The molecule has 7 heteroatoms. The number of nitrogens with zero attached hydrogens (tertiary/aromatic N) is 2. The van der Waals surface area contributed by atoms with Gasteiger partial charge in [0.1, 0.15) is 5.76 Å². The van der Waals surface area contributed by atoms with Crippen molar-refractivity contribution in [1.29, 1.82) is 0 Å². The van der Waals surface area contributed by atoms with Crippen molar-refractivity contribution in [3.63, 3.8) is 0 Å². The molecule has 1 N–H and O–H groups in total. The molecule has 0 spiro atoms. The molecule has 2 amide bonds. The first-order valence-corrected chi connectivity index (χ1v) is 7.93. The van der Waals surface area contributed by atoms with Gasteiger partial charge in [0.2, 0.25) is 11.8 Å². The van der Waals surface area contributed by atoms with E-state index in [0.717, 1.165) is 15.7 Å². The van der Waals surface area contributed by atoms with Gasteiger partial charge in [0.15, 0.2) is 5.82 Å². The molecule has 0 saturated carbocycles. The molecule has 2 aromatic rings. The molecule has 0 bridgehead atoms. The molecular formula is C16H18BrN3O3. The van der Waals surface area contributed by atoms with Crippen molar-refractivity contribution in [2.45, 2.75) is 27.2 Å². The van der Waals surface area contributed by atoms with Gasteiger partial charge in [-0.3, -0.25) is 9.59 Å². The summed E-state index contributed by atoms with van der Waals surface area (Å²) in [6, 6.07) is 7.30. The molecular weight excluding hydrogens is 362 g/mol. The summed E-state index contributed by atoms with van der Waals surface area (Å²) < 4.78 is 5.84. The Hall–Kier alpha value is -2.15. The van der Waals surface area contributed by atoms with Crippen LogP contribution in [-0.2, 0) is 9.59 Å². The number of hydrogen-bond donors (Lipinski definition) is 1.